The van der Waals surface area contributed by atoms with Gasteiger partial charge in [0.05, 0.1) is 12.0 Å². The van der Waals surface area contributed by atoms with Crippen molar-refractivity contribution in [1.29, 1.82) is 0 Å². The molecule has 4 nitrogen and oxygen atoms in total. The molecule has 0 spiro atoms. The van der Waals surface area contributed by atoms with E-state index in [0.717, 1.165) is 25.9 Å². The molecule has 1 aliphatic heterocycles. The number of ether oxygens (including phenoxy) is 1. The average Bonchev–Trinajstić information content (AvgIpc) is 2.98. The summed E-state index contributed by atoms with van der Waals surface area (Å²) in [5, 5.41) is 6.76. The number of fused-ring (bicyclic) bond motifs is 1. The second-order valence-corrected chi connectivity index (χ2v) is 7.29. The zero-order valence-electron chi connectivity index (χ0n) is 13.8. The fraction of sp³-hybridized carbons (Fsp3) is 0.500. The SMILES string of the molecule is COCC1(C(=O)N(C)Cc2csc3ccccc23)CCNCC1. The van der Waals surface area contributed by atoms with Crippen LogP contribution in [0.3, 0.4) is 0 Å². The summed E-state index contributed by atoms with van der Waals surface area (Å²) in [5.74, 6) is 0.205. The number of rotatable bonds is 5. The molecule has 23 heavy (non-hydrogen) atoms. The van der Waals surface area contributed by atoms with Crippen molar-refractivity contribution < 1.29 is 9.53 Å². The van der Waals surface area contributed by atoms with Crippen molar-refractivity contribution in [3.05, 3.63) is 35.2 Å². The van der Waals surface area contributed by atoms with Crippen LogP contribution >= 0.6 is 11.3 Å². The zero-order chi connectivity index (χ0) is 16.3. The van der Waals surface area contributed by atoms with Gasteiger partial charge in [-0.2, -0.15) is 0 Å². The van der Waals surface area contributed by atoms with Crippen LogP contribution in [0.25, 0.3) is 10.1 Å². The Hall–Kier alpha value is -1.43. The minimum Gasteiger partial charge on any atom is -0.384 e. The van der Waals surface area contributed by atoms with Gasteiger partial charge in [-0.15, -0.1) is 11.3 Å². The van der Waals surface area contributed by atoms with Gasteiger partial charge in [0.25, 0.3) is 0 Å². The van der Waals surface area contributed by atoms with Crippen LogP contribution in [0.2, 0.25) is 0 Å². The fourth-order valence-electron chi connectivity index (χ4n) is 3.49. The van der Waals surface area contributed by atoms with Gasteiger partial charge in [-0.25, -0.2) is 0 Å². The van der Waals surface area contributed by atoms with Gasteiger partial charge in [-0.05, 0) is 48.3 Å². The maximum absolute atomic E-state index is 13.1. The number of hydrogen-bond acceptors (Lipinski definition) is 4. The molecule has 0 saturated carbocycles. The van der Waals surface area contributed by atoms with Crippen molar-refractivity contribution in [3.63, 3.8) is 0 Å². The molecule has 1 aliphatic rings. The van der Waals surface area contributed by atoms with Gasteiger partial charge >= 0.3 is 0 Å². The van der Waals surface area contributed by atoms with Gasteiger partial charge in [0.2, 0.25) is 5.91 Å². The number of carbonyl (C=O) groups is 1. The molecule has 0 aliphatic carbocycles. The van der Waals surface area contributed by atoms with Crippen LogP contribution < -0.4 is 5.32 Å². The molecule has 3 rings (SSSR count). The van der Waals surface area contributed by atoms with E-state index >= 15 is 0 Å². The van der Waals surface area contributed by atoms with Crippen LogP contribution in [0.4, 0.5) is 0 Å². The van der Waals surface area contributed by atoms with Crippen molar-refractivity contribution >= 4 is 27.3 Å². The Bertz CT molecular complexity index is 671. The molecule has 0 bridgehead atoms. The Morgan fingerprint density at radius 2 is 2.09 bits per heavy atom. The Balaban J connectivity index is 1.78. The Morgan fingerprint density at radius 3 is 2.83 bits per heavy atom. The number of methoxy groups -OCH3 is 1. The molecule has 2 heterocycles. The van der Waals surface area contributed by atoms with Crippen LogP contribution in [-0.4, -0.2) is 44.7 Å². The van der Waals surface area contributed by atoms with Gasteiger partial charge in [0, 0.05) is 25.4 Å². The van der Waals surface area contributed by atoms with Crippen LogP contribution in [0.1, 0.15) is 18.4 Å². The van der Waals surface area contributed by atoms with E-state index in [0.29, 0.717) is 13.2 Å². The topological polar surface area (TPSA) is 41.6 Å². The first-order chi connectivity index (χ1) is 11.2. The molecule has 1 saturated heterocycles. The maximum atomic E-state index is 13.1. The summed E-state index contributed by atoms with van der Waals surface area (Å²) in [6, 6.07) is 8.37. The number of nitrogens with zero attached hydrogens (tertiary/aromatic N) is 1. The second-order valence-electron chi connectivity index (χ2n) is 6.38. The lowest BCUT2D eigenvalue weighted by Crippen LogP contribution is -2.50. The summed E-state index contributed by atoms with van der Waals surface area (Å²) in [5.41, 5.74) is 0.851. The minimum absolute atomic E-state index is 0.205. The second kappa shape index (κ2) is 6.99. The largest absolute Gasteiger partial charge is 0.384 e. The molecule has 5 heteroatoms. The number of amides is 1. The van der Waals surface area contributed by atoms with Crippen molar-refractivity contribution in [1.82, 2.24) is 10.2 Å². The molecule has 1 amide bonds. The highest BCUT2D eigenvalue weighted by atomic mass is 32.1. The molecular weight excluding hydrogens is 308 g/mol. The summed E-state index contributed by atoms with van der Waals surface area (Å²) in [4.78, 5) is 15.0. The molecule has 1 aromatic heterocycles. The summed E-state index contributed by atoms with van der Waals surface area (Å²) in [7, 11) is 3.59. The third kappa shape index (κ3) is 3.27. The van der Waals surface area contributed by atoms with Gasteiger partial charge in [-0.1, -0.05) is 18.2 Å². The van der Waals surface area contributed by atoms with Crippen molar-refractivity contribution in [3.8, 4) is 0 Å². The molecule has 1 fully saturated rings. The summed E-state index contributed by atoms with van der Waals surface area (Å²) >= 11 is 1.74. The maximum Gasteiger partial charge on any atom is 0.231 e. The van der Waals surface area contributed by atoms with E-state index in [2.05, 4.69) is 35.0 Å². The lowest BCUT2D eigenvalue weighted by atomic mass is 9.78. The van der Waals surface area contributed by atoms with Gasteiger partial charge in [0.1, 0.15) is 0 Å². The molecule has 0 radical (unpaired) electrons. The number of hydrogen-bond donors (Lipinski definition) is 1. The van der Waals surface area contributed by atoms with Crippen molar-refractivity contribution in [2.24, 2.45) is 5.41 Å². The predicted octanol–water partition coefficient (Wildman–Crippen LogP) is 2.88. The van der Waals surface area contributed by atoms with Crippen LogP contribution in [0.15, 0.2) is 29.6 Å². The minimum atomic E-state index is -0.374. The smallest absolute Gasteiger partial charge is 0.231 e. The normalized spacial score (nSPS) is 17.3. The zero-order valence-corrected chi connectivity index (χ0v) is 14.6. The molecule has 124 valence electrons. The molecule has 0 atom stereocenters. The molecule has 2 aromatic rings. The number of thiophene rings is 1. The molecule has 1 N–H and O–H groups in total. The Morgan fingerprint density at radius 1 is 1.35 bits per heavy atom. The van der Waals surface area contributed by atoms with E-state index in [1.54, 1.807) is 18.4 Å². The fourth-order valence-corrected chi connectivity index (χ4v) is 4.44. The third-order valence-corrected chi connectivity index (χ3v) is 5.76. The summed E-state index contributed by atoms with van der Waals surface area (Å²) < 4.78 is 6.66. The van der Waals surface area contributed by atoms with Crippen molar-refractivity contribution in [2.45, 2.75) is 19.4 Å². The Labute approximate surface area is 141 Å². The van der Waals surface area contributed by atoms with E-state index in [1.165, 1.54) is 15.6 Å². The van der Waals surface area contributed by atoms with E-state index in [-0.39, 0.29) is 11.3 Å². The Kier molecular flexibility index (Phi) is 4.99. The predicted molar refractivity (Wildman–Crippen MR) is 94.7 cm³/mol. The first-order valence-electron chi connectivity index (χ1n) is 8.07. The first-order valence-corrected chi connectivity index (χ1v) is 8.94. The van der Waals surface area contributed by atoms with Crippen LogP contribution in [0.5, 0.6) is 0 Å². The van der Waals surface area contributed by atoms with E-state index < -0.39 is 0 Å². The number of nitrogens with one attached hydrogen (secondary N) is 1. The average molecular weight is 332 g/mol. The standard InChI is InChI=1S/C18H24N2O2S/c1-20(11-14-12-23-16-6-4-3-5-15(14)16)17(21)18(13-22-2)7-9-19-10-8-18/h3-6,12,19H,7-11,13H2,1-2H3. The highest BCUT2D eigenvalue weighted by Crippen LogP contribution is 2.33. The monoisotopic (exact) mass is 332 g/mol. The van der Waals surface area contributed by atoms with Crippen molar-refractivity contribution in [2.75, 3.05) is 33.9 Å². The first kappa shape index (κ1) is 16.4. The number of benzene rings is 1. The van der Waals surface area contributed by atoms with E-state index in [1.807, 2.05) is 11.9 Å². The molecular formula is C18H24N2O2S. The quantitative estimate of drug-likeness (QED) is 0.915. The lowest BCUT2D eigenvalue weighted by molar-refractivity contribution is -0.146. The number of carbonyl (C=O) groups excluding carboxylic acids is 1. The highest BCUT2D eigenvalue weighted by molar-refractivity contribution is 7.17. The molecule has 1 aromatic carbocycles. The lowest BCUT2D eigenvalue weighted by Gasteiger charge is -2.38. The third-order valence-electron chi connectivity index (χ3n) is 4.75. The summed E-state index contributed by atoms with van der Waals surface area (Å²) in [6.07, 6.45) is 1.68. The van der Waals surface area contributed by atoms with E-state index in [4.69, 9.17) is 4.74 Å². The van der Waals surface area contributed by atoms with Crippen LogP contribution in [-0.2, 0) is 16.1 Å². The van der Waals surface area contributed by atoms with E-state index in [9.17, 15) is 4.79 Å². The van der Waals surface area contributed by atoms with Crippen LogP contribution in [0, 0.1) is 5.41 Å². The highest BCUT2D eigenvalue weighted by Gasteiger charge is 2.41. The van der Waals surface area contributed by atoms with Gasteiger partial charge < -0.3 is 15.0 Å². The van der Waals surface area contributed by atoms with Gasteiger partial charge in [0.15, 0.2) is 0 Å². The number of piperidine rings is 1. The summed E-state index contributed by atoms with van der Waals surface area (Å²) in [6.45, 7) is 2.92. The van der Waals surface area contributed by atoms with Gasteiger partial charge in [-0.3, -0.25) is 4.79 Å². The molecule has 0 unspecified atom stereocenters.